The lowest BCUT2D eigenvalue weighted by molar-refractivity contribution is 0.0184. The number of benzene rings is 1. The summed E-state index contributed by atoms with van der Waals surface area (Å²) in [7, 11) is 0. The Morgan fingerprint density at radius 1 is 1.14 bits per heavy atom. The fraction of sp³-hybridized carbons (Fsp3) is 0.625. The highest BCUT2D eigenvalue weighted by Crippen LogP contribution is 2.37. The minimum absolute atomic E-state index is 0.194. The average Bonchev–Trinajstić information content (AvgIpc) is 3.38. The lowest BCUT2D eigenvalue weighted by Gasteiger charge is -2.33. The first kappa shape index (κ1) is 20.1. The third kappa shape index (κ3) is 4.71. The van der Waals surface area contributed by atoms with E-state index in [4.69, 9.17) is 4.74 Å². The maximum Gasteiger partial charge on any atom is 0.410 e. The third-order valence-corrected chi connectivity index (χ3v) is 6.16. The van der Waals surface area contributed by atoms with Crippen molar-refractivity contribution in [2.45, 2.75) is 71.9 Å². The second kappa shape index (κ2) is 7.58. The van der Waals surface area contributed by atoms with Gasteiger partial charge >= 0.3 is 6.09 Å². The molecule has 4 rings (SSSR count). The van der Waals surface area contributed by atoms with Crippen LogP contribution in [0.1, 0.15) is 57.6 Å². The van der Waals surface area contributed by atoms with Gasteiger partial charge in [-0.25, -0.2) is 4.79 Å². The molecule has 2 fully saturated rings. The largest absolute Gasteiger partial charge is 0.494 e. The lowest BCUT2D eigenvalue weighted by Crippen LogP contribution is -2.42. The van der Waals surface area contributed by atoms with Crippen molar-refractivity contribution in [3.05, 3.63) is 29.5 Å². The Kier molecular flexibility index (Phi) is 5.26. The number of aromatic nitrogens is 1. The van der Waals surface area contributed by atoms with E-state index in [0.29, 0.717) is 11.8 Å². The molecule has 1 amide bonds. The molecule has 1 aliphatic heterocycles. The molecule has 1 aromatic heterocycles. The number of fused-ring (bicyclic) bond motifs is 1. The van der Waals surface area contributed by atoms with Gasteiger partial charge in [0.25, 0.3) is 0 Å². The standard InChI is InChI=1S/C24H34N2O3/c1-16-11-19(13-20-15-26(14-18-5-6-18)22(27)21(16)20)12-17-7-9-25(10-8-17)23(28)29-24(2,3)4/h11,13,15,17-18,27H,5-10,12,14H2,1-4H3. The predicted octanol–water partition coefficient (Wildman–Crippen LogP) is 5.25. The summed E-state index contributed by atoms with van der Waals surface area (Å²) in [5.74, 6) is 1.73. The molecule has 0 spiro atoms. The summed E-state index contributed by atoms with van der Waals surface area (Å²) in [5, 5.41) is 12.8. The molecule has 5 nitrogen and oxygen atoms in total. The van der Waals surface area contributed by atoms with Gasteiger partial charge in [0.15, 0.2) is 5.88 Å². The normalized spacial score (nSPS) is 18.4. The molecule has 1 saturated heterocycles. The van der Waals surface area contributed by atoms with Gasteiger partial charge in [0.1, 0.15) is 5.60 Å². The third-order valence-electron chi connectivity index (χ3n) is 6.16. The molecule has 2 heterocycles. The number of hydrogen-bond acceptors (Lipinski definition) is 3. The molecule has 0 bridgehead atoms. The Morgan fingerprint density at radius 3 is 2.45 bits per heavy atom. The molecular weight excluding hydrogens is 364 g/mol. The van der Waals surface area contributed by atoms with Gasteiger partial charge in [0.05, 0.1) is 0 Å². The van der Waals surface area contributed by atoms with E-state index in [1.807, 2.05) is 30.2 Å². The summed E-state index contributed by atoms with van der Waals surface area (Å²) in [6.07, 6.45) is 7.51. The molecule has 1 aliphatic carbocycles. The van der Waals surface area contributed by atoms with Crippen molar-refractivity contribution < 1.29 is 14.6 Å². The number of likely N-dealkylation sites (tertiary alicyclic amines) is 1. The minimum atomic E-state index is -0.442. The maximum atomic E-state index is 12.3. The van der Waals surface area contributed by atoms with E-state index >= 15 is 0 Å². The lowest BCUT2D eigenvalue weighted by atomic mass is 9.89. The van der Waals surface area contributed by atoms with Crippen LogP contribution in [-0.4, -0.2) is 39.4 Å². The van der Waals surface area contributed by atoms with Crippen molar-refractivity contribution in [3.63, 3.8) is 0 Å². The molecule has 5 heteroatoms. The second-order valence-corrected chi connectivity index (χ2v) is 10.0. The Bertz CT molecular complexity index is 897. The van der Waals surface area contributed by atoms with Gasteiger partial charge < -0.3 is 19.3 Å². The molecule has 29 heavy (non-hydrogen) atoms. The molecule has 0 atom stereocenters. The quantitative estimate of drug-likeness (QED) is 0.765. The number of carbonyl (C=O) groups is 1. The highest BCUT2D eigenvalue weighted by Gasteiger charge is 2.27. The van der Waals surface area contributed by atoms with Gasteiger partial charge in [-0.3, -0.25) is 0 Å². The molecule has 0 radical (unpaired) electrons. The predicted molar refractivity (Wildman–Crippen MR) is 115 cm³/mol. The zero-order chi connectivity index (χ0) is 20.8. The number of ether oxygens (including phenoxy) is 1. The van der Waals surface area contributed by atoms with Crippen molar-refractivity contribution in [2.75, 3.05) is 13.1 Å². The molecule has 1 N–H and O–H groups in total. The SMILES string of the molecule is Cc1cc(CC2CCN(C(=O)OC(C)(C)C)CC2)cc2cn(CC3CC3)c(O)c12. The van der Waals surface area contributed by atoms with E-state index in [1.165, 1.54) is 18.4 Å². The topological polar surface area (TPSA) is 54.7 Å². The highest BCUT2D eigenvalue weighted by molar-refractivity contribution is 5.91. The fourth-order valence-electron chi connectivity index (χ4n) is 4.49. The van der Waals surface area contributed by atoms with Crippen LogP contribution in [0.25, 0.3) is 10.8 Å². The molecule has 1 aromatic carbocycles. The van der Waals surface area contributed by atoms with Crippen LogP contribution < -0.4 is 0 Å². The first-order valence-corrected chi connectivity index (χ1v) is 11.0. The first-order valence-electron chi connectivity index (χ1n) is 11.0. The molecule has 2 aromatic rings. The van der Waals surface area contributed by atoms with E-state index in [2.05, 4.69) is 25.3 Å². The molecular formula is C24H34N2O3. The van der Waals surface area contributed by atoms with Crippen LogP contribution in [0.2, 0.25) is 0 Å². The van der Waals surface area contributed by atoms with E-state index in [0.717, 1.165) is 61.2 Å². The Morgan fingerprint density at radius 2 is 1.83 bits per heavy atom. The van der Waals surface area contributed by atoms with Crippen molar-refractivity contribution in [1.29, 1.82) is 0 Å². The maximum absolute atomic E-state index is 12.3. The van der Waals surface area contributed by atoms with Gasteiger partial charge in [-0.15, -0.1) is 0 Å². The summed E-state index contributed by atoms with van der Waals surface area (Å²) in [6.45, 7) is 10.3. The van der Waals surface area contributed by atoms with Crippen LogP contribution >= 0.6 is 0 Å². The van der Waals surface area contributed by atoms with E-state index < -0.39 is 5.60 Å². The minimum Gasteiger partial charge on any atom is -0.494 e. The number of carbonyl (C=O) groups excluding carboxylic acids is 1. The highest BCUT2D eigenvalue weighted by atomic mass is 16.6. The number of hydrogen-bond donors (Lipinski definition) is 1. The van der Waals surface area contributed by atoms with Crippen molar-refractivity contribution >= 4 is 16.9 Å². The summed E-state index contributed by atoms with van der Waals surface area (Å²) in [6, 6.07) is 4.47. The van der Waals surface area contributed by atoms with Crippen LogP contribution in [0.5, 0.6) is 5.88 Å². The van der Waals surface area contributed by atoms with E-state index in [9.17, 15) is 9.90 Å². The zero-order valence-electron chi connectivity index (χ0n) is 18.2. The first-order chi connectivity index (χ1) is 13.7. The fourth-order valence-corrected chi connectivity index (χ4v) is 4.49. The number of rotatable bonds is 4. The zero-order valence-corrected chi connectivity index (χ0v) is 18.2. The second-order valence-electron chi connectivity index (χ2n) is 10.0. The van der Waals surface area contributed by atoms with Crippen molar-refractivity contribution in [1.82, 2.24) is 9.47 Å². The van der Waals surface area contributed by atoms with Crippen molar-refractivity contribution in [2.24, 2.45) is 11.8 Å². The Labute approximate surface area is 173 Å². The average molecular weight is 399 g/mol. The Hall–Kier alpha value is -2.17. The van der Waals surface area contributed by atoms with Gasteiger partial charge in [-0.2, -0.15) is 0 Å². The van der Waals surface area contributed by atoms with Gasteiger partial charge in [-0.1, -0.05) is 6.07 Å². The van der Waals surface area contributed by atoms with Crippen molar-refractivity contribution in [3.8, 4) is 5.88 Å². The summed E-state index contributed by atoms with van der Waals surface area (Å²) < 4.78 is 7.53. The molecule has 158 valence electrons. The van der Waals surface area contributed by atoms with Gasteiger partial charge in [-0.05, 0) is 88.8 Å². The molecule has 1 saturated carbocycles. The smallest absolute Gasteiger partial charge is 0.410 e. The summed E-state index contributed by atoms with van der Waals surface area (Å²) in [5.41, 5.74) is 2.03. The van der Waals surface area contributed by atoms with Crippen LogP contribution in [-0.2, 0) is 17.7 Å². The summed E-state index contributed by atoms with van der Waals surface area (Å²) in [4.78, 5) is 14.1. The molecule has 0 unspecified atom stereocenters. The Balaban J connectivity index is 1.40. The van der Waals surface area contributed by atoms with E-state index in [1.54, 1.807) is 0 Å². The van der Waals surface area contributed by atoms with Crippen LogP contribution in [0.15, 0.2) is 18.3 Å². The number of aromatic hydroxyl groups is 1. The van der Waals surface area contributed by atoms with Gasteiger partial charge in [0, 0.05) is 36.6 Å². The van der Waals surface area contributed by atoms with Crippen LogP contribution in [0.3, 0.4) is 0 Å². The van der Waals surface area contributed by atoms with Gasteiger partial charge in [0.2, 0.25) is 0 Å². The number of aryl methyl sites for hydroxylation is 1. The number of piperidine rings is 1. The van der Waals surface area contributed by atoms with Crippen LogP contribution in [0.4, 0.5) is 4.79 Å². The van der Waals surface area contributed by atoms with Crippen LogP contribution in [0, 0.1) is 18.8 Å². The molecule has 2 aliphatic rings. The van der Waals surface area contributed by atoms with E-state index in [-0.39, 0.29) is 6.09 Å². The number of amides is 1. The number of nitrogens with zero attached hydrogens (tertiary/aromatic N) is 2. The monoisotopic (exact) mass is 398 g/mol. The summed E-state index contributed by atoms with van der Waals surface area (Å²) >= 11 is 0.